The van der Waals surface area contributed by atoms with Gasteiger partial charge in [0.15, 0.2) is 0 Å². The van der Waals surface area contributed by atoms with Gasteiger partial charge in [-0.05, 0) is 17.1 Å². The van der Waals surface area contributed by atoms with Gasteiger partial charge in [0.05, 0.1) is 17.0 Å². The third kappa shape index (κ3) is 1.92. The maximum Gasteiger partial charge on any atom is 0.419 e. The minimum absolute atomic E-state index is 0.0622. The molecule has 0 saturated heterocycles. The van der Waals surface area contributed by atoms with E-state index in [0.717, 1.165) is 5.69 Å². The summed E-state index contributed by atoms with van der Waals surface area (Å²) in [5.41, 5.74) is 1.09. The van der Waals surface area contributed by atoms with E-state index in [1.165, 1.54) is 11.0 Å². The lowest BCUT2D eigenvalue weighted by molar-refractivity contribution is -0.388. The van der Waals surface area contributed by atoms with Gasteiger partial charge in [0, 0.05) is 0 Å². The van der Waals surface area contributed by atoms with Crippen LogP contribution < -0.4 is 0 Å². The number of nitrogens with zero attached hydrogens (tertiary/aromatic N) is 6. The van der Waals surface area contributed by atoms with Crippen molar-refractivity contribution in [2.45, 2.75) is 0 Å². The molecule has 0 unspecified atom stereocenters. The van der Waals surface area contributed by atoms with Gasteiger partial charge in [-0.2, -0.15) is 9.90 Å². The number of H-pyrrole nitrogens is 1. The molecular weight excluding hydrogens is 250 g/mol. The van der Waals surface area contributed by atoms with Gasteiger partial charge in [0.2, 0.25) is 5.69 Å². The Bertz CT molecular complexity index is 718. The van der Waals surface area contributed by atoms with E-state index in [2.05, 4.69) is 25.6 Å². The molecule has 0 aliphatic heterocycles. The minimum atomic E-state index is -0.625. The first kappa shape index (κ1) is 11.0. The molecule has 0 radical (unpaired) electrons. The fourth-order valence-corrected chi connectivity index (χ4v) is 1.58. The molecule has 0 saturated carbocycles. The maximum absolute atomic E-state index is 10.8. The number of nitro groups is 1. The molecule has 0 spiro atoms. The monoisotopic (exact) mass is 257 g/mol. The number of hydrogen-bond donors (Lipinski definition) is 1. The van der Waals surface area contributed by atoms with Crippen LogP contribution in [0.3, 0.4) is 0 Å². The number of aromatic nitrogens is 6. The number of para-hydroxylation sites is 1. The standard InChI is InChI=1S/C10H7N7O2/c18-17(19)10-9(12-15-13-10)8-6-11-16(14-8)7-4-2-1-3-5-7/h1-6H,(H,12,13,15). The van der Waals surface area contributed by atoms with Crippen molar-refractivity contribution in [1.82, 2.24) is 30.4 Å². The average molecular weight is 257 g/mol. The number of hydrogen-bond acceptors (Lipinski definition) is 6. The largest absolute Gasteiger partial charge is 0.419 e. The number of benzene rings is 1. The summed E-state index contributed by atoms with van der Waals surface area (Å²) in [7, 11) is 0. The molecule has 2 heterocycles. The fourth-order valence-electron chi connectivity index (χ4n) is 1.58. The fraction of sp³-hybridized carbons (Fsp3) is 0. The Labute approximate surface area is 106 Å². The van der Waals surface area contributed by atoms with Crippen molar-refractivity contribution in [3.8, 4) is 17.1 Å². The summed E-state index contributed by atoms with van der Waals surface area (Å²) in [5, 5.41) is 28.3. The van der Waals surface area contributed by atoms with Gasteiger partial charge in [-0.15, -0.1) is 15.4 Å². The Hall–Kier alpha value is -3.10. The molecule has 2 aromatic heterocycles. The summed E-state index contributed by atoms with van der Waals surface area (Å²) in [6, 6.07) is 9.20. The summed E-state index contributed by atoms with van der Waals surface area (Å²) in [5.74, 6) is -0.375. The first-order valence-corrected chi connectivity index (χ1v) is 5.29. The molecule has 94 valence electrons. The lowest BCUT2D eigenvalue weighted by atomic mass is 10.3. The van der Waals surface area contributed by atoms with Crippen LogP contribution in [0, 0.1) is 10.1 Å². The van der Waals surface area contributed by atoms with Crippen LogP contribution in [0.25, 0.3) is 17.1 Å². The van der Waals surface area contributed by atoms with Gasteiger partial charge < -0.3 is 10.1 Å². The van der Waals surface area contributed by atoms with Crippen LogP contribution in [0.2, 0.25) is 0 Å². The van der Waals surface area contributed by atoms with Crippen molar-refractivity contribution in [3.63, 3.8) is 0 Å². The predicted octanol–water partition coefficient (Wildman–Crippen LogP) is 0.961. The first-order chi connectivity index (χ1) is 9.25. The molecule has 0 bridgehead atoms. The second-order valence-electron chi connectivity index (χ2n) is 3.61. The van der Waals surface area contributed by atoms with Gasteiger partial charge >= 0.3 is 5.82 Å². The molecule has 0 fully saturated rings. The Balaban J connectivity index is 2.02. The molecule has 3 rings (SSSR count). The average Bonchev–Trinajstić information content (AvgIpc) is 3.08. The third-order valence-corrected chi connectivity index (χ3v) is 2.42. The predicted molar refractivity (Wildman–Crippen MR) is 63.4 cm³/mol. The van der Waals surface area contributed by atoms with Gasteiger partial charge in [-0.25, -0.2) is 0 Å². The Morgan fingerprint density at radius 3 is 2.74 bits per heavy atom. The molecule has 1 aromatic carbocycles. The quantitative estimate of drug-likeness (QED) is 0.551. The second-order valence-corrected chi connectivity index (χ2v) is 3.61. The zero-order chi connectivity index (χ0) is 13.2. The van der Waals surface area contributed by atoms with Crippen LogP contribution >= 0.6 is 0 Å². The summed E-state index contributed by atoms with van der Waals surface area (Å²) in [6.45, 7) is 0. The van der Waals surface area contributed by atoms with Crippen molar-refractivity contribution in [2.24, 2.45) is 0 Å². The molecule has 0 aliphatic rings. The Morgan fingerprint density at radius 1 is 1.21 bits per heavy atom. The third-order valence-electron chi connectivity index (χ3n) is 2.42. The molecule has 0 atom stereocenters. The lowest BCUT2D eigenvalue weighted by Gasteiger charge is -1.96. The topological polar surface area (TPSA) is 115 Å². The molecule has 9 nitrogen and oxygen atoms in total. The summed E-state index contributed by atoms with van der Waals surface area (Å²) >= 11 is 0. The van der Waals surface area contributed by atoms with Gasteiger partial charge in [0.1, 0.15) is 5.69 Å². The van der Waals surface area contributed by atoms with E-state index in [-0.39, 0.29) is 17.2 Å². The molecule has 0 aliphatic carbocycles. The SMILES string of the molecule is O=[N+]([O-])c1n[nH]nc1-c1cnn(-c2ccccc2)n1. The zero-order valence-corrected chi connectivity index (χ0v) is 9.46. The highest BCUT2D eigenvalue weighted by Gasteiger charge is 2.23. The summed E-state index contributed by atoms with van der Waals surface area (Å²) in [6.07, 6.45) is 1.40. The van der Waals surface area contributed by atoms with Gasteiger partial charge in [-0.3, -0.25) is 0 Å². The van der Waals surface area contributed by atoms with Crippen LogP contribution in [0.4, 0.5) is 5.82 Å². The van der Waals surface area contributed by atoms with E-state index < -0.39 is 4.92 Å². The highest BCUT2D eigenvalue weighted by molar-refractivity contribution is 5.61. The molecule has 0 amide bonds. The molecule has 19 heavy (non-hydrogen) atoms. The van der Waals surface area contributed by atoms with E-state index in [1.807, 2.05) is 30.3 Å². The van der Waals surface area contributed by atoms with E-state index in [9.17, 15) is 10.1 Å². The highest BCUT2D eigenvalue weighted by atomic mass is 16.6. The molecule has 1 N–H and O–H groups in total. The van der Waals surface area contributed by atoms with Gasteiger partial charge in [-0.1, -0.05) is 18.2 Å². The van der Waals surface area contributed by atoms with Crippen LogP contribution in [0.15, 0.2) is 36.5 Å². The zero-order valence-electron chi connectivity index (χ0n) is 9.46. The van der Waals surface area contributed by atoms with Crippen LogP contribution in [0.5, 0.6) is 0 Å². The minimum Gasteiger partial charge on any atom is -0.358 e. The van der Waals surface area contributed by atoms with Crippen molar-refractivity contribution in [2.75, 3.05) is 0 Å². The maximum atomic E-state index is 10.8. The first-order valence-electron chi connectivity index (χ1n) is 5.29. The summed E-state index contributed by atoms with van der Waals surface area (Å²) in [4.78, 5) is 11.5. The van der Waals surface area contributed by atoms with E-state index in [0.29, 0.717) is 0 Å². The van der Waals surface area contributed by atoms with Crippen molar-refractivity contribution in [1.29, 1.82) is 0 Å². The van der Waals surface area contributed by atoms with Gasteiger partial charge in [0.25, 0.3) is 0 Å². The Kier molecular flexibility index (Phi) is 2.49. The van der Waals surface area contributed by atoms with Crippen molar-refractivity contribution >= 4 is 5.82 Å². The smallest absolute Gasteiger partial charge is 0.358 e. The van der Waals surface area contributed by atoms with Crippen LogP contribution in [-0.2, 0) is 0 Å². The number of nitrogens with one attached hydrogen (secondary N) is 1. The van der Waals surface area contributed by atoms with Crippen LogP contribution in [-0.4, -0.2) is 35.3 Å². The number of rotatable bonds is 3. The molecule has 9 heteroatoms. The Morgan fingerprint density at radius 2 is 2.00 bits per heavy atom. The van der Waals surface area contributed by atoms with E-state index in [4.69, 9.17) is 0 Å². The van der Waals surface area contributed by atoms with Crippen molar-refractivity contribution < 1.29 is 4.92 Å². The molecular formula is C10H7N7O2. The molecule has 3 aromatic rings. The lowest BCUT2D eigenvalue weighted by Crippen LogP contribution is -1.98. The number of aromatic amines is 1. The van der Waals surface area contributed by atoms with E-state index >= 15 is 0 Å². The second kappa shape index (κ2) is 4.29. The van der Waals surface area contributed by atoms with Crippen molar-refractivity contribution in [3.05, 3.63) is 46.6 Å². The normalized spacial score (nSPS) is 10.5. The highest BCUT2D eigenvalue weighted by Crippen LogP contribution is 2.22. The summed E-state index contributed by atoms with van der Waals surface area (Å²) < 4.78 is 0. The van der Waals surface area contributed by atoms with Crippen LogP contribution in [0.1, 0.15) is 0 Å². The van der Waals surface area contributed by atoms with E-state index in [1.54, 1.807) is 0 Å².